The van der Waals surface area contributed by atoms with E-state index in [2.05, 4.69) is 71.4 Å². The summed E-state index contributed by atoms with van der Waals surface area (Å²) in [6, 6.07) is 20.9. The van der Waals surface area contributed by atoms with Gasteiger partial charge in [-0.05, 0) is 46.5 Å². The number of halogens is 2. The highest BCUT2D eigenvalue weighted by Crippen LogP contribution is 2.37. The lowest BCUT2D eigenvalue weighted by Gasteiger charge is -2.17. The highest BCUT2D eigenvalue weighted by molar-refractivity contribution is 9.09. The van der Waals surface area contributed by atoms with Gasteiger partial charge in [-0.1, -0.05) is 76.1 Å². The Morgan fingerprint density at radius 2 is 1.60 bits per heavy atom. The minimum atomic E-state index is 0.172. The van der Waals surface area contributed by atoms with Crippen LogP contribution in [0.15, 0.2) is 60.7 Å². The zero-order valence-corrected chi connectivity index (χ0v) is 13.4. The zero-order valence-electron chi connectivity index (χ0n) is 11.1. The first-order valence-corrected chi connectivity index (χ1v) is 7.84. The Balaban J connectivity index is 2.18. The molecule has 0 amide bonds. The van der Waals surface area contributed by atoms with Gasteiger partial charge in [0, 0.05) is 5.02 Å². The van der Waals surface area contributed by atoms with E-state index in [0.717, 1.165) is 5.02 Å². The first kappa shape index (κ1) is 13.7. The third-order valence-electron chi connectivity index (χ3n) is 3.60. The van der Waals surface area contributed by atoms with Gasteiger partial charge < -0.3 is 0 Å². The number of hydrogen-bond acceptors (Lipinski definition) is 0. The molecular weight excluding hydrogens is 332 g/mol. The molecule has 0 aliphatic rings. The molecular formula is C18H14BrCl. The zero-order chi connectivity index (χ0) is 14.1. The van der Waals surface area contributed by atoms with Crippen LogP contribution in [-0.2, 0) is 0 Å². The standard InChI is InChI=1S/C18H14BrCl/c1-12-6-7-13-4-2-3-5-16(13)17(12)18(19)14-8-10-15(20)11-9-14/h2-11,18H,1H3. The van der Waals surface area contributed by atoms with Gasteiger partial charge >= 0.3 is 0 Å². The Labute approximate surface area is 132 Å². The van der Waals surface area contributed by atoms with Gasteiger partial charge in [0.25, 0.3) is 0 Å². The van der Waals surface area contributed by atoms with Gasteiger partial charge in [-0.25, -0.2) is 0 Å². The van der Waals surface area contributed by atoms with E-state index in [9.17, 15) is 0 Å². The lowest BCUT2D eigenvalue weighted by Crippen LogP contribution is -1.97. The van der Waals surface area contributed by atoms with Crippen LogP contribution in [0.25, 0.3) is 10.8 Å². The maximum atomic E-state index is 5.97. The quantitative estimate of drug-likeness (QED) is 0.479. The van der Waals surface area contributed by atoms with Crippen LogP contribution in [0.5, 0.6) is 0 Å². The Morgan fingerprint density at radius 1 is 0.900 bits per heavy atom. The van der Waals surface area contributed by atoms with Gasteiger partial charge in [0.1, 0.15) is 0 Å². The van der Waals surface area contributed by atoms with Crippen molar-refractivity contribution < 1.29 is 0 Å². The van der Waals surface area contributed by atoms with Gasteiger partial charge in [-0.2, -0.15) is 0 Å². The van der Waals surface area contributed by atoms with Crippen molar-refractivity contribution in [1.29, 1.82) is 0 Å². The number of rotatable bonds is 2. The Bertz CT molecular complexity index is 747. The number of alkyl halides is 1. The van der Waals surface area contributed by atoms with Gasteiger partial charge in [-0.15, -0.1) is 0 Å². The molecule has 0 radical (unpaired) electrons. The highest BCUT2D eigenvalue weighted by atomic mass is 79.9. The molecule has 0 saturated carbocycles. The van der Waals surface area contributed by atoms with Gasteiger partial charge in [0.15, 0.2) is 0 Å². The second kappa shape index (κ2) is 5.59. The van der Waals surface area contributed by atoms with Crippen molar-refractivity contribution in [1.82, 2.24) is 0 Å². The molecule has 1 unspecified atom stereocenters. The third kappa shape index (κ3) is 2.48. The molecule has 0 aliphatic carbocycles. The van der Waals surface area contributed by atoms with E-state index in [0.29, 0.717) is 0 Å². The molecule has 0 bridgehead atoms. The molecule has 0 fully saturated rings. The Kier molecular flexibility index (Phi) is 3.82. The molecule has 0 spiro atoms. The SMILES string of the molecule is Cc1ccc2ccccc2c1C(Br)c1ccc(Cl)cc1. The molecule has 3 aromatic rings. The van der Waals surface area contributed by atoms with Crippen LogP contribution in [0.1, 0.15) is 21.5 Å². The molecule has 100 valence electrons. The van der Waals surface area contributed by atoms with Gasteiger partial charge in [0.2, 0.25) is 0 Å². The molecule has 0 saturated heterocycles. The monoisotopic (exact) mass is 344 g/mol. The second-order valence-corrected chi connectivity index (χ2v) is 6.28. The molecule has 0 heterocycles. The maximum absolute atomic E-state index is 5.97. The van der Waals surface area contributed by atoms with Gasteiger partial charge in [0.05, 0.1) is 4.83 Å². The Hall–Kier alpha value is -1.31. The van der Waals surface area contributed by atoms with Crippen molar-refractivity contribution in [2.24, 2.45) is 0 Å². The lowest BCUT2D eigenvalue weighted by atomic mass is 9.94. The number of benzene rings is 3. The molecule has 0 aliphatic heterocycles. The molecule has 0 aromatic heterocycles. The van der Waals surface area contributed by atoms with Crippen molar-refractivity contribution >= 4 is 38.3 Å². The van der Waals surface area contributed by atoms with Crippen molar-refractivity contribution in [3.63, 3.8) is 0 Å². The summed E-state index contributed by atoms with van der Waals surface area (Å²) in [5.41, 5.74) is 3.83. The van der Waals surface area contributed by atoms with Crippen LogP contribution in [0.2, 0.25) is 5.02 Å². The van der Waals surface area contributed by atoms with Crippen molar-refractivity contribution in [2.75, 3.05) is 0 Å². The van der Waals surface area contributed by atoms with E-state index in [-0.39, 0.29) is 4.83 Å². The van der Waals surface area contributed by atoms with E-state index in [4.69, 9.17) is 11.6 Å². The number of fused-ring (bicyclic) bond motifs is 1. The summed E-state index contributed by atoms with van der Waals surface area (Å²) in [6.07, 6.45) is 0. The van der Waals surface area contributed by atoms with E-state index >= 15 is 0 Å². The summed E-state index contributed by atoms with van der Waals surface area (Å²) in [6.45, 7) is 2.16. The summed E-state index contributed by atoms with van der Waals surface area (Å²) < 4.78 is 0. The summed E-state index contributed by atoms with van der Waals surface area (Å²) in [5, 5.41) is 3.33. The fraction of sp³-hybridized carbons (Fsp3) is 0.111. The topological polar surface area (TPSA) is 0 Å². The fourth-order valence-electron chi connectivity index (χ4n) is 2.54. The maximum Gasteiger partial charge on any atom is 0.0653 e. The van der Waals surface area contributed by atoms with Crippen LogP contribution in [-0.4, -0.2) is 0 Å². The molecule has 2 heteroatoms. The average Bonchev–Trinajstić information content (AvgIpc) is 2.47. The molecule has 1 atom stereocenters. The summed E-state index contributed by atoms with van der Waals surface area (Å²) in [4.78, 5) is 0.172. The van der Waals surface area contributed by atoms with E-state index < -0.39 is 0 Å². The molecule has 0 N–H and O–H groups in total. The smallest absolute Gasteiger partial charge is 0.0653 e. The van der Waals surface area contributed by atoms with Crippen molar-refractivity contribution in [3.05, 3.63) is 82.4 Å². The van der Waals surface area contributed by atoms with Crippen molar-refractivity contribution in [2.45, 2.75) is 11.8 Å². The van der Waals surface area contributed by atoms with Crippen LogP contribution < -0.4 is 0 Å². The summed E-state index contributed by atoms with van der Waals surface area (Å²) in [7, 11) is 0. The molecule has 20 heavy (non-hydrogen) atoms. The first-order valence-electron chi connectivity index (χ1n) is 6.54. The summed E-state index contributed by atoms with van der Waals surface area (Å²) in [5.74, 6) is 0. The largest absolute Gasteiger partial charge is 0.0843 e. The molecule has 0 nitrogen and oxygen atoms in total. The third-order valence-corrected chi connectivity index (χ3v) is 4.84. The van der Waals surface area contributed by atoms with Crippen LogP contribution >= 0.6 is 27.5 Å². The van der Waals surface area contributed by atoms with Crippen LogP contribution in [0.3, 0.4) is 0 Å². The van der Waals surface area contributed by atoms with Crippen LogP contribution in [0, 0.1) is 6.92 Å². The molecule has 3 aromatic carbocycles. The van der Waals surface area contributed by atoms with E-state index in [1.807, 2.05) is 12.1 Å². The minimum Gasteiger partial charge on any atom is -0.0843 e. The number of hydrogen-bond donors (Lipinski definition) is 0. The fourth-order valence-corrected chi connectivity index (χ4v) is 3.58. The Morgan fingerprint density at radius 3 is 2.35 bits per heavy atom. The normalized spacial score (nSPS) is 12.6. The number of aryl methyl sites for hydroxylation is 1. The minimum absolute atomic E-state index is 0.172. The average molecular weight is 346 g/mol. The highest BCUT2D eigenvalue weighted by Gasteiger charge is 2.15. The van der Waals surface area contributed by atoms with Crippen LogP contribution in [0.4, 0.5) is 0 Å². The predicted octanol–water partition coefficient (Wildman–Crippen LogP) is 6.29. The first-order chi connectivity index (χ1) is 9.66. The summed E-state index contributed by atoms with van der Waals surface area (Å²) >= 11 is 9.82. The predicted molar refractivity (Wildman–Crippen MR) is 90.9 cm³/mol. The lowest BCUT2D eigenvalue weighted by molar-refractivity contribution is 1.16. The van der Waals surface area contributed by atoms with E-state index in [1.165, 1.54) is 27.5 Å². The van der Waals surface area contributed by atoms with Gasteiger partial charge in [-0.3, -0.25) is 0 Å². The van der Waals surface area contributed by atoms with E-state index in [1.54, 1.807) is 0 Å². The second-order valence-electron chi connectivity index (χ2n) is 4.93. The van der Waals surface area contributed by atoms with Crippen molar-refractivity contribution in [3.8, 4) is 0 Å². The molecule has 3 rings (SSSR count).